The van der Waals surface area contributed by atoms with Crippen molar-refractivity contribution in [2.75, 3.05) is 7.05 Å². The molecule has 5 nitrogen and oxygen atoms in total. The first-order valence-corrected chi connectivity index (χ1v) is 3.12. The first-order valence-electron chi connectivity index (χ1n) is 3.12. The van der Waals surface area contributed by atoms with Gasteiger partial charge in [0.15, 0.2) is 0 Å². The smallest absolute Gasteiger partial charge is 0.407 e. The lowest BCUT2D eigenvalue weighted by Crippen LogP contribution is -2.23. The summed E-state index contributed by atoms with van der Waals surface area (Å²) in [5.41, 5.74) is 0.787. The second kappa shape index (κ2) is 3.05. The van der Waals surface area contributed by atoms with Crippen molar-refractivity contribution in [3.05, 3.63) is 18.0 Å². The minimum absolute atomic E-state index is 0.343. The molecule has 60 valence electrons. The molecule has 0 aliphatic rings. The number of nitrogens with zero attached hydrogens (tertiary/aromatic N) is 2. The Kier molecular flexibility index (Phi) is 2.10. The van der Waals surface area contributed by atoms with Gasteiger partial charge >= 0.3 is 6.09 Å². The molecule has 1 aromatic heterocycles. The Bertz CT molecular complexity index is 232. The molecule has 0 aliphatic carbocycles. The largest absolute Gasteiger partial charge is 0.465 e. The molecule has 0 saturated carbocycles. The van der Waals surface area contributed by atoms with Gasteiger partial charge in [0.2, 0.25) is 0 Å². The van der Waals surface area contributed by atoms with Gasteiger partial charge in [0.25, 0.3) is 0 Å². The summed E-state index contributed by atoms with van der Waals surface area (Å²) in [7, 11) is 1.50. The molecule has 0 saturated heterocycles. The zero-order valence-electron chi connectivity index (χ0n) is 6.11. The summed E-state index contributed by atoms with van der Waals surface area (Å²) in [6.45, 7) is 0.343. The van der Waals surface area contributed by atoms with E-state index in [1.807, 2.05) is 0 Å². The van der Waals surface area contributed by atoms with Crippen LogP contribution in [0.15, 0.2) is 12.3 Å². The predicted octanol–water partition coefficient (Wildman–Crippen LogP) is 0.519. The molecule has 2 N–H and O–H groups in total. The number of amides is 1. The summed E-state index contributed by atoms with van der Waals surface area (Å²) in [5, 5.41) is 14.8. The molecule has 0 fully saturated rings. The van der Waals surface area contributed by atoms with E-state index in [0.717, 1.165) is 5.69 Å². The molecule has 5 heteroatoms. The molecule has 0 radical (unpaired) electrons. The van der Waals surface area contributed by atoms with Crippen molar-refractivity contribution in [2.24, 2.45) is 0 Å². The normalized spacial score (nSPS) is 9.55. The van der Waals surface area contributed by atoms with Crippen molar-refractivity contribution >= 4 is 6.09 Å². The molecule has 0 bridgehead atoms. The van der Waals surface area contributed by atoms with E-state index in [1.165, 1.54) is 11.9 Å². The number of aromatic amines is 1. The summed E-state index contributed by atoms with van der Waals surface area (Å²) in [6, 6.07) is 1.74. The van der Waals surface area contributed by atoms with Crippen molar-refractivity contribution in [2.45, 2.75) is 6.54 Å². The van der Waals surface area contributed by atoms with E-state index in [2.05, 4.69) is 10.2 Å². The highest BCUT2D eigenvalue weighted by molar-refractivity contribution is 5.64. The molecular formula is C6H9N3O2. The fraction of sp³-hybridized carbons (Fsp3) is 0.333. The molecule has 1 rings (SSSR count). The first kappa shape index (κ1) is 7.59. The molecule has 1 heterocycles. The van der Waals surface area contributed by atoms with E-state index >= 15 is 0 Å². The number of carboxylic acid groups (broad SMARTS) is 1. The van der Waals surface area contributed by atoms with E-state index < -0.39 is 6.09 Å². The second-order valence-electron chi connectivity index (χ2n) is 2.22. The summed E-state index contributed by atoms with van der Waals surface area (Å²) in [6.07, 6.45) is 0.644. The molecule has 0 spiro atoms. The molecule has 1 amide bonds. The van der Waals surface area contributed by atoms with Gasteiger partial charge < -0.3 is 10.0 Å². The molecule has 0 atom stereocenters. The van der Waals surface area contributed by atoms with Gasteiger partial charge in [0.1, 0.15) is 0 Å². The Morgan fingerprint density at radius 3 is 3.09 bits per heavy atom. The number of H-pyrrole nitrogens is 1. The zero-order chi connectivity index (χ0) is 8.27. The van der Waals surface area contributed by atoms with Crippen LogP contribution in [0.4, 0.5) is 4.79 Å². The van der Waals surface area contributed by atoms with Crippen LogP contribution in [0.3, 0.4) is 0 Å². The van der Waals surface area contributed by atoms with E-state index in [0.29, 0.717) is 6.54 Å². The molecule has 0 aromatic carbocycles. The van der Waals surface area contributed by atoms with Crippen molar-refractivity contribution in [1.82, 2.24) is 15.1 Å². The quantitative estimate of drug-likeness (QED) is 0.654. The third-order valence-corrected chi connectivity index (χ3v) is 1.29. The number of hydrogen-bond donors (Lipinski definition) is 2. The van der Waals surface area contributed by atoms with Crippen LogP contribution in [0.5, 0.6) is 0 Å². The van der Waals surface area contributed by atoms with E-state index in [-0.39, 0.29) is 0 Å². The molecule has 1 aromatic rings. The monoisotopic (exact) mass is 155 g/mol. The van der Waals surface area contributed by atoms with Gasteiger partial charge in [0.05, 0.1) is 12.2 Å². The fourth-order valence-electron chi connectivity index (χ4n) is 0.696. The van der Waals surface area contributed by atoms with Crippen LogP contribution in [-0.4, -0.2) is 33.3 Å². The first-order chi connectivity index (χ1) is 5.20. The molecule has 0 aliphatic heterocycles. The van der Waals surface area contributed by atoms with Crippen LogP contribution < -0.4 is 0 Å². The standard InChI is InChI=1S/C6H9N3O2/c1-9(6(10)11)4-5-2-3-7-8-5/h2-3H,4H2,1H3,(H,7,8)(H,10,11). The van der Waals surface area contributed by atoms with Crippen LogP contribution in [0, 0.1) is 0 Å². The summed E-state index contributed by atoms with van der Waals surface area (Å²) >= 11 is 0. The second-order valence-corrected chi connectivity index (χ2v) is 2.22. The maximum atomic E-state index is 10.3. The van der Waals surface area contributed by atoms with Gasteiger partial charge in [-0.2, -0.15) is 5.10 Å². The third kappa shape index (κ3) is 1.96. The number of aromatic nitrogens is 2. The maximum absolute atomic E-state index is 10.3. The topological polar surface area (TPSA) is 69.2 Å². The summed E-state index contributed by atoms with van der Waals surface area (Å²) in [4.78, 5) is 11.5. The highest BCUT2D eigenvalue weighted by atomic mass is 16.4. The van der Waals surface area contributed by atoms with Gasteiger partial charge in [0, 0.05) is 13.2 Å². The van der Waals surface area contributed by atoms with Gasteiger partial charge in [-0.25, -0.2) is 4.79 Å². The van der Waals surface area contributed by atoms with Crippen molar-refractivity contribution in [3.63, 3.8) is 0 Å². The number of nitrogens with one attached hydrogen (secondary N) is 1. The van der Waals surface area contributed by atoms with Crippen molar-refractivity contribution in [1.29, 1.82) is 0 Å². The van der Waals surface area contributed by atoms with Crippen molar-refractivity contribution in [3.8, 4) is 0 Å². The average molecular weight is 155 g/mol. The molecular weight excluding hydrogens is 146 g/mol. The average Bonchev–Trinajstić information content (AvgIpc) is 2.39. The Hall–Kier alpha value is -1.52. The Balaban J connectivity index is 2.50. The predicted molar refractivity (Wildman–Crippen MR) is 38.1 cm³/mol. The van der Waals surface area contributed by atoms with Crippen LogP contribution in [0.2, 0.25) is 0 Å². The molecule has 0 unspecified atom stereocenters. The minimum atomic E-state index is -0.945. The van der Waals surface area contributed by atoms with Crippen LogP contribution in [0.1, 0.15) is 5.69 Å². The van der Waals surface area contributed by atoms with Crippen LogP contribution in [-0.2, 0) is 6.54 Å². The van der Waals surface area contributed by atoms with Gasteiger partial charge in [-0.15, -0.1) is 0 Å². The van der Waals surface area contributed by atoms with E-state index in [9.17, 15) is 4.79 Å². The number of rotatable bonds is 2. The van der Waals surface area contributed by atoms with Crippen LogP contribution >= 0.6 is 0 Å². The highest BCUT2D eigenvalue weighted by Crippen LogP contribution is 1.96. The lowest BCUT2D eigenvalue weighted by molar-refractivity contribution is 0.153. The highest BCUT2D eigenvalue weighted by Gasteiger charge is 2.05. The van der Waals surface area contributed by atoms with Crippen molar-refractivity contribution < 1.29 is 9.90 Å². The Morgan fingerprint density at radius 2 is 2.64 bits per heavy atom. The fourth-order valence-corrected chi connectivity index (χ4v) is 0.696. The lowest BCUT2D eigenvalue weighted by Gasteiger charge is -2.10. The Morgan fingerprint density at radius 1 is 1.91 bits per heavy atom. The maximum Gasteiger partial charge on any atom is 0.407 e. The third-order valence-electron chi connectivity index (χ3n) is 1.29. The summed E-state index contributed by atoms with van der Waals surface area (Å²) < 4.78 is 0. The van der Waals surface area contributed by atoms with E-state index in [1.54, 1.807) is 12.3 Å². The zero-order valence-corrected chi connectivity index (χ0v) is 6.11. The van der Waals surface area contributed by atoms with Gasteiger partial charge in [-0.3, -0.25) is 5.10 Å². The van der Waals surface area contributed by atoms with Gasteiger partial charge in [-0.05, 0) is 6.07 Å². The lowest BCUT2D eigenvalue weighted by atomic mass is 10.4. The minimum Gasteiger partial charge on any atom is -0.465 e. The van der Waals surface area contributed by atoms with Crippen LogP contribution in [0.25, 0.3) is 0 Å². The number of hydrogen-bond acceptors (Lipinski definition) is 2. The van der Waals surface area contributed by atoms with E-state index in [4.69, 9.17) is 5.11 Å². The van der Waals surface area contributed by atoms with Gasteiger partial charge in [-0.1, -0.05) is 0 Å². The summed E-state index contributed by atoms with van der Waals surface area (Å²) in [5.74, 6) is 0. The Labute approximate surface area is 63.6 Å². The number of carbonyl (C=O) groups is 1. The SMILES string of the molecule is CN(Cc1ccn[nH]1)C(=O)O. The molecule has 11 heavy (non-hydrogen) atoms.